The third-order valence-corrected chi connectivity index (χ3v) is 3.23. The van der Waals surface area contributed by atoms with Crippen molar-refractivity contribution in [3.05, 3.63) is 65.0 Å². The van der Waals surface area contributed by atoms with E-state index in [2.05, 4.69) is 31.0 Å². The number of hydrogen-bond acceptors (Lipinski definition) is 2. The number of nitrogens with zero attached hydrogens (tertiary/aromatic N) is 1. The number of rotatable bonds is 3. The number of aromatic nitrogens is 1. The highest BCUT2D eigenvalue weighted by Gasteiger charge is 2.14. The fourth-order valence-corrected chi connectivity index (χ4v) is 2.01. The molecular weight excluding hydrogens is 222 g/mol. The van der Waals surface area contributed by atoms with Gasteiger partial charge in [-0.05, 0) is 35.6 Å². The van der Waals surface area contributed by atoms with Crippen molar-refractivity contribution < 1.29 is 5.11 Å². The fraction of sp³-hybridized carbons (Fsp3) is 0.312. The number of benzene rings is 1. The third kappa shape index (κ3) is 2.59. The third-order valence-electron chi connectivity index (χ3n) is 3.23. The van der Waals surface area contributed by atoms with E-state index in [9.17, 15) is 5.11 Å². The van der Waals surface area contributed by atoms with Gasteiger partial charge in [0.1, 0.15) is 6.10 Å². The van der Waals surface area contributed by atoms with Crippen LogP contribution in [0, 0.1) is 6.92 Å². The smallest absolute Gasteiger partial charge is 0.121 e. The first kappa shape index (κ1) is 12.8. The summed E-state index contributed by atoms with van der Waals surface area (Å²) in [5.41, 5.74) is 3.91. The highest BCUT2D eigenvalue weighted by Crippen LogP contribution is 2.24. The Kier molecular flexibility index (Phi) is 3.78. The van der Waals surface area contributed by atoms with Crippen molar-refractivity contribution in [2.45, 2.75) is 32.8 Å². The molecule has 2 nitrogen and oxygen atoms in total. The van der Waals surface area contributed by atoms with Crippen LogP contribution in [0.5, 0.6) is 0 Å². The van der Waals surface area contributed by atoms with E-state index in [4.69, 9.17) is 0 Å². The molecule has 0 saturated carbocycles. The van der Waals surface area contributed by atoms with E-state index in [1.54, 1.807) is 6.20 Å². The fourth-order valence-electron chi connectivity index (χ4n) is 2.01. The van der Waals surface area contributed by atoms with Crippen LogP contribution in [0.1, 0.15) is 48.3 Å². The first-order valence-corrected chi connectivity index (χ1v) is 6.29. The predicted molar refractivity (Wildman–Crippen MR) is 73.6 cm³/mol. The first-order chi connectivity index (χ1) is 8.59. The Bertz CT molecular complexity index is 517. The molecule has 1 aromatic carbocycles. The summed E-state index contributed by atoms with van der Waals surface area (Å²) in [6.07, 6.45) is 1.07. The zero-order chi connectivity index (χ0) is 13.1. The lowest BCUT2D eigenvalue weighted by molar-refractivity contribution is 0.214. The van der Waals surface area contributed by atoms with E-state index in [0.717, 1.165) is 16.8 Å². The van der Waals surface area contributed by atoms with Gasteiger partial charge in [0.05, 0.1) is 5.69 Å². The summed E-state index contributed by atoms with van der Waals surface area (Å²) < 4.78 is 0. The Morgan fingerprint density at radius 1 is 1.00 bits per heavy atom. The van der Waals surface area contributed by atoms with Gasteiger partial charge >= 0.3 is 0 Å². The van der Waals surface area contributed by atoms with Crippen LogP contribution in [0.4, 0.5) is 0 Å². The summed E-state index contributed by atoms with van der Waals surface area (Å²) in [5.74, 6) is 0.507. The second kappa shape index (κ2) is 5.32. The van der Waals surface area contributed by atoms with E-state index in [1.165, 1.54) is 5.56 Å². The zero-order valence-corrected chi connectivity index (χ0v) is 11.1. The standard InChI is InChI=1S/C16H19NO/c1-11(2)13-6-8-14(9-7-13)16(18)15-12(3)5-4-10-17-15/h4-11,16,18H,1-3H3. The molecule has 0 saturated heterocycles. The highest BCUT2D eigenvalue weighted by molar-refractivity contribution is 5.32. The summed E-state index contributed by atoms with van der Waals surface area (Å²) in [7, 11) is 0. The maximum Gasteiger partial charge on any atom is 0.121 e. The lowest BCUT2D eigenvalue weighted by Crippen LogP contribution is -2.04. The van der Waals surface area contributed by atoms with Crippen molar-refractivity contribution in [2.75, 3.05) is 0 Å². The average molecular weight is 241 g/mol. The van der Waals surface area contributed by atoms with Crippen molar-refractivity contribution in [2.24, 2.45) is 0 Å². The molecule has 2 aromatic rings. The molecule has 1 unspecified atom stereocenters. The number of aryl methyl sites for hydroxylation is 1. The van der Waals surface area contributed by atoms with Crippen molar-refractivity contribution in [3.8, 4) is 0 Å². The van der Waals surface area contributed by atoms with Crippen LogP contribution in [0.2, 0.25) is 0 Å². The Labute approximate surface area is 108 Å². The molecule has 1 heterocycles. The molecule has 2 rings (SSSR count). The summed E-state index contributed by atoms with van der Waals surface area (Å²) in [6, 6.07) is 12.0. The van der Waals surface area contributed by atoms with Gasteiger partial charge in [-0.25, -0.2) is 0 Å². The monoisotopic (exact) mass is 241 g/mol. The molecule has 2 heteroatoms. The van der Waals surface area contributed by atoms with E-state index in [0.29, 0.717) is 5.92 Å². The average Bonchev–Trinajstić information content (AvgIpc) is 2.38. The van der Waals surface area contributed by atoms with Gasteiger partial charge in [-0.1, -0.05) is 44.2 Å². The van der Waals surface area contributed by atoms with E-state index in [1.807, 2.05) is 31.2 Å². The molecule has 94 valence electrons. The van der Waals surface area contributed by atoms with Gasteiger partial charge in [0.2, 0.25) is 0 Å². The lowest BCUT2D eigenvalue weighted by atomic mass is 9.98. The van der Waals surface area contributed by atoms with E-state index >= 15 is 0 Å². The van der Waals surface area contributed by atoms with Gasteiger partial charge in [0, 0.05) is 6.20 Å². The SMILES string of the molecule is Cc1cccnc1C(O)c1ccc(C(C)C)cc1. The van der Waals surface area contributed by atoms with Gasteiger partial charge in [-0.15, -0.1) is 0 Å². The molecule has 0 bridgehead atoms. The number of aliphatic hydroxyl groups excluding tert-OH is 1. The van der Waals surface area contributed by atoms with Gasteiger partial charge in [0.15, 0.2) is 0 Å². The highest BCUT2D eigenvalue weighted by atomic mass is 16.3. The number of pyridine rings is 1. The Balaban J connectivity index is 2.29. The predicted octanol–water partition coefficient (Wildman–Crippen LogP) is 3.60. The van der Waals surface area contributed by atoms with Crippen LogP contribution in [0.3, 0.4) is 0 Å². The Morgan fingerprint density at radius 2 is 1.61 bits per heavy atom. The number of hydrogen-bond donors (Lipinski definition) is 1. The quantitative estimate of drug-likeness (QED) is 0.890. The summed E-state index contributed by atoms with van der Waals surface area (Å²) in [5, 5.41) is 10.3. The minimum atomic E-state index is -0.646. The van der Waals surface area contributed by atoms with Crippen LogP contribution in [-0.4, -0.2) is 10.1 Å². The molecule has 1 atom stereocenters. The molecule has 0 fully saturated rings. The maximum absolute atomic E-state index is 10.3. The molecule has 0 aliphatic carbocycles. The molecule has 0 spiro atoms. The van der Waals surface area contributed by atoms with Gasteiger partial charge in [-0.2, -0.15) is 0 Å². The van der Waals surface area contributed by atoms with Crippen LogP contribution in [0.25, 0.3) is 0 Å². The van der Waals surface area contributed by atoms with Crippen molar-refractivity contribution in [1.29, 1.82) is 0 Å². The largest absolute Gasteiger partial charge is 0.382 e. The molecule has 0 radical (unpaired) electrons. The van der Waals surface area contributed by atoms with Crippen molar-refractivity contribution in [1.82, 2.24) is 4.98 Å². The van der Waals surface area contributed by atoms with Crippen LogP contribution in [0.15, 0.2) is 42.6 Å². The topological polar surface area (TPSA) is 33.1 Å². The van der Waals surface area contributed by atoms with Crippen molar-refractivity contribution >= 4 is 0 Å². The maximum atomic E-state index is 10.3. The van der Waals surface area contributed by atoms with Gasteiger partial charge < -0.3 is 5.11 Å². The molecule has 0 amide bonds. The second-order valence-electron chi connectivity index (χ2n) is 4.93. The molecule has 1 N–H and O–H groups in total. The van der Waals surface area contributed by atoms with Gasteiger partial charge in [0.25, 0.3) is 0 Å². The molecule has 0 aliphatic rings. The van der Waals surface area contributed by atoms with Crippen LogP contribution < -0.4 is 0 Å². The second-order valence-corrected chi connectivity index (χ2v) is 4.93. The minimum Gasteiger partial charge on any atom is -0.382 e. The summed E-state index contributed by atoms with van der Waals surface area (Å²) >= 11 is 0. The normalized spacial score (nSPS) is 12.7. The Morgan fingerprint density at radius 3 is 2.17 bits per heavy atom. The molecule has 18 heavy (non-hydrogen) atoms. The molecular formula is C16H19NO. The summed E-state index contributed by atoms with van der Waals surface area (Å²) in [6.45, 7) is 6.29. The lowest BCUT2D eigenvalue weighted by Gasteiger charge is -2.14. The minimum absolute atomic E-state index is 0.507. The molecule has 0 aliphatic heterocycles. The van der Waals surface area contributed by atoms with E-state index in [-0.39, 0.29) is 0 Å². The van der Waals surface area contributed by atoms with E-state index < -0.39 is 6.10 Å². The first-order valence-electron chi connectivity index (χ1n) is 6.29. The zero-order valence-electron chi connectivity index (χ0n) is 11.1. The Hall–Kier alpha value is -1.67. The van der Waals surface area contributed by atoms with Crippen LogP contribution >= 0.6 is 0 Å². The van der Waals surface area contributed by atoms with Crippen molar-refractivity contribution in [3.63, 3.8) is 0 Å². The van der Waals surface area contributed by atoms with Gasteiger partial charge in [-0.3, -0.25) is 4.98 Å². The number of aliphatic hydroxyl groups is 1. The molecule has 1 aromatic heterocycles. The summed E-state index contributed by atoms with van der Waals surface area (Å²) in [4.78, 5) is 4.26. The van der Waals surface area contributed by atoms with Crippen LogP contribution in [-0.2, 0) is 0 Å².